The molecule has 0 fully saturated rings. The minimum Gasteiger partial charge on any atom is -0.224 e. The summed E-state index contributed by atoms with van der Waals surface area (Å²) in [6, 6.07) is 16.4. The van der Waals surface area contributed by atoms with Gasteiger partial charge < -0.3 is 0 Å². The Morgan fingerprint density at radius 3 is 2.45 bits per heavy atom. The molecular weight excluding hydrogens is 290 g/mol. The van der Waals surface area contributed by atoms with Gasteiger partial charge in [-0.05, 0) is 42.0 Å². The molecule has 0 bridgehead atoms. The Hall–Kier alpha value is -1.77. The van der Waals surface area contributed by atoms with Crippen LogP contribution < -0.4 is 0 Å². The maximum Gasteiger partial charge on any atom is 0.175 e. The summed E-state index contributed by atoms with van der Waals surface area (Å²) in [6.07, 6.45) is 1.20. The minimum atomic E-state index is -3.14. The van der Waals surface area contributed by atoms with Crippen LogP contribution in [0.1, 0.15) is 11.1 Å². The van der Waals surface area contributed by atoms with Crippen LogP contribution in [-0.2, 0) is 15.6 Å². The third-order valence-corrected chi connectivity index (χ3v) is 4.93. The van der Waals surface area contributed by atoms with Crippen molar-refractivity contribution < 1.29 is 8.42 Å². The fourth-order valence-electron chi connectivity index (χ4n) is 1.68. The Morgan fingerprint density at radius 2 is 1.85 bits per heavy atom. The Kier molecular flexibility index (Phi) is 4.48. The van der Waals surface area contributed by atoms with Crippen molar-refractivity contribution in [3.8, 4) is 6.07 Å². The first kappa shape index (κ1) is 14.6. The van der Waals surface area contributed by atoms with E-state index < -0.39 is 9.84 Å². The molecule has 0 aliphatic carbocycles. The highest BCUT2D eigenvalue weighted by atomic mass is 32.2. The van der Waals surface area contributed by atoms with Crippen molar-refractivity contribution in [1.82, 2.24) is 0 Å². The Bertz CT molecular complexity index is 744. The van der Waals surface area contributed by atoms with Crippen LogP contribution in [0.5, 0.6) is 0 Å². The summed E-state index contributed by atoms with van der Waals surface area (Å²) >= 11 is 1.61. The van der Waals surface area contributed by atoms with E-state index in [-0.39, 0.29) is 0 Å². The number of benzene rings is 2. The summed E-state index contributed by atoms with van der Waals surface area (Å²) < 4.78 is 22.7. The van der Waals surface area contributed by atoms with E-state index in [1.54, 1.807) is 42.1 Å². The highest BCUT2D eigenvalue weighted by Crippen LogP contribution is 2.24. The average Bonchev–Trinajstić information content (AvgIpc) is 2.45. The van der Waals surface area contributed by atoms with Gasteiger partial charge in [0.1, 0.15) is 0 Å². The van der Waals surface area contributed by atoms with Crippen LogP contribution in [0.15, 0.2) is 58.3 Å². The number of nitriles is 1. The van der Waals surface area contributed by atoms with Crippen molar-refractivity contribution in [1.29, 1.82) is 5.26 Å². The average molecular weight is 303 g/mol. The lowest BCUT2D eigenvalue weighted by molar-refractivity contribution is 0.602. The third kappa shape index (κ3) is 3.86. The summed E-state index contributed by atoms with van der Waals surface area (Å²) in [7, 11) is -3.14. The predicted octanol–water partition coefficient (Wildman–Crippen LogP) is 3.25. The van der Waals surface area contributed by atoms with Crippen molar-refractivity contribution >= 4 is 21.6 Å². The van der Waals surface area contributed by atoms with Gasteiger partial charge in [-0.2, -0.15) is 5.26 Å². The zero-order chi connectivity index (χ0) is 14.6. The number of hydrogen-bond acceptors (Lipinski definition) is 4. The van der Waals surface area contributed by atoms with E-state index in [0.29, 0.717) is 10.5 Å². The number of thioether (sulfide) groups is 1. The van der Waals surface area contributed by atoms with E-state index >= 15 is 0 Å². The van der Waals surface area contributed by atoms with Crippen molar-refractivity contribution in [2.75, 3.05) is 6.26 Å². The van der Waals surface area contributed by atoms with E-state index in [2.05, 4.69) is 6.07 Å². The normalized spacial score (nSPS) is 11.0. The summed E-state index contributed by atoms with van der Waals surface area (Å²) in [5.74, 6) is 0.744. The van der Waals surface area contributed by atoms with Crippen LogP contribution in [0, 0.1) is 11.3 Å². The Balaban J connectivity index is 2.06. The first-order valence-corrected chi connectivity index (χ1v) is 8.79. The van der Waals surface area contributed by atoms with E-state index in [1.165, 1.54) is 6.26 Å². The van der Waals surface area contributed by atoms with E-state index in [9.17, 15) is 8.42 Å². The van der Waals surface area contributed by atoms with Gasteiger partial charge in [-0.25, -0.2) is 8.42 Å². The first-order valence-electron chi connectivity index (χ1n) is 5.91. The first-order chi connectivity index (χ1) is 9.49. The fraction of sp³-hybridized carbons (Fsp3) is 0.133. The number of nitrogens with zero attached hydrogens (tertiary/aromatic N) is 1. The molecule has 0 unspecified atom stereocenters. The van der Waals surface area contributed by atoms with Gasteiger partial charge in [0.05, 0.1) is 16.5 Å². The van der Waals surface area contributed by atoms with Crippen LogP contribution >= 0.6 is 11.8 Å². The molecule has 102 valence electrons. The molecule has 2 rings (SSSR count). The van der Waals surface area contributed by atoms with Gasteiger partial charge in [0.25, 0.3) is 0 Å². The molecule has 0 amide bonds. The largest absolute Gasteiger partial charge is 0.224 e. The van der Waals surface area contributed by atoms with Gasteiger partial charge >= 0.3 is 0 Å². The van der Waals surface area contributed by atoms with Crippen LogP contribution in [0.25, 0.3) is 0 Å². The molecule has 0 aliphatic heterocycles. The molecule has 0 aromatic heterocycles. The smallest absolute Gasteiger partial charge is 0.175 e. The van der Waals surface area contributed by atoms with Crippen LogP contribution in [-0.4, -0.2) is 14.7 Å². The standard InChI is InChI=1S/C15H13NO2S2/c1-20(17,18)15-7-5-14(6-8-15)19-11-13-4-2-3-12(9-13)10-16/h2-9H,11H2,1H3. The summed E-state index contributed by atoms with van der Waals surface area (Å²) in [5.41, 5.74) is 1.72. The van der Waals surface area contributed by atoms with E-state index in [0.717, 1.165) is 16.2 Å². The quantitative estimate of drug-likeness (QED) is 0.814. The van der Waals surface area contributed by atoms with Crippen molar-refractivity contribution in [3.05, 3.63) is 59.7 Å². The third-order valence-electron chi connectivity index (χ3n) is 2.71. The number of hydrogen-bond donors (Lipinski definition) is 0. The van der Waals surface area contributed by atoms with Gasteiger partial charge in [-0.1, -0.05) is 12.1 Å². The lowest BCUT2D eigenvalue weighted by atomic mass is 10.2. The summed E-state index contributed by atoms with van der Waals surface area (Å²) in [4.78, 5) is 1.33. The maximum absolute atomic E-state index is 11.4. The minimum absolute atomic E-state index is 0.327. The maximum atomic E-state index is 11.4. The summed E-state index contributed by atoms with van der Waals surface area (Å²) in [6.45, 7) is 0. The molecule has 0 atom stereocenters. The highest BCUT2D eigenvalue weighted by molar-refractivity contribution is 7.98. The summed E-state index contributed by atoms with van der Waals surface area (Å²) in [5, 5.41) is 8.84. The number of sulfone groups is 1. The van der Waals surface area contributed by atoms with Crippen LogP contribution in [0.3, 0.4) is 0 Å². The predicted molar refractivity (Wildman–Crippen MR) is 80.3 cm³/mol. The zero-order valence-corrected chi connectivity index (χ0v) is 12.5. The second kappa shape index (κ2) is 6.12. The molecule has 0 spiro atoms. The lowest BCUT2D eigenvalue weighted by Crippen LogP contribution is -1.95. The molecule has 0 heterocycles. The van der Waals surface area contributed by atoms with Crippen molar-refractivity contribution in [2.24, 2.45) is 0 Å². The molecular formula is C15H13NO2S2. The second-order valence-corrected chi connectivity index (χ2v) is 7.41. The van der Waals surface area contributed by atoms with E-state index in [1.807, 2.05) is 18.2 Å². The molecule has 0 saturated heterocycles. The fourth-order valence-corrected chi connectivity index (χ4v) is 3.15. The molecule has 2 aromatic carbocycles. The van der Waals surface area contributed by atoms with Gasteiger partial charge in [0.2, 0.25) is 0 Å². The van der Waals surface area contributed by atoms with Crippen molar-refractivity contribution in [2.45, 2.75) is 15.5 Å². The van der Waals surface area contributed by atoms with Crippen molar-refractivity contribution in [3.63, 3.8) is 0 Å². The second-order valence-electron chi connectivity index (χ2n) is 4.34. The zero-order valence-electron chi connectivity index (χ0n) is 10.9. The molecule has 0 N–H and O–H groups in total. The Morgan fingerprint density at radius 1 is 1.15 bits per heavy atom. The van der Waals surface area contributed by atoms with Crippen LogP contribution in [0.2, 0.25) is 0 Å². The van der Waals surface area contributed by atoms with Gasteiger partial charge in [0.15, 0.2) is 9.84 Å². The highest BCUT2D eigenvalue weighted by Gasteiger charge is 2.06. The molecule has 0 saturated carbocycles. The van der Waals surface area contributed by atoms with Gasteiger partial charge in [-0.15, -0.1) is 11.8 Å². The topological polar surface area (TPSA) is 57.9 Å². The molecule has 20 heavy (non-hydrogen) atoms. The van der Waals surface area contributed by atoms with Gasteiger partial charge in [-0.3, -0.25) is 0 Å². The SMILES string of the molecule is CS(=O)(=O)c1ccc(SCc2cccc(C#N)c2)cc1. The Labute approximate surface area is 123 Å². The van der Waals surface area contributed by atoms with Gasteiger partial charge in [0, 0.05) is 16.9 Å². The molecule has 5 heteroatoms. The molecule has 3 nitrogen and oxygen atoms in total. The number of rotatable bonds is 4. The molecule has 0 aliphatic rings. The molecule has 2 aromatic rings. The van der Waals surface area contributed by atoms with E-state index in [4.69, 9.17) is 5.26 Å². The monoisotopic (exact) mass is 303 g/mol. The van der Waals surface area contributed by atoms with Crippen LogP contribution in [0.4, 0.5) is 0 Å². The lowest BCUT2D eigenvalue weighted by Gasteiger charge is -2.04. The molecule has 0 radical (unpaired) electrons.